The third-order valence-electron chi connectivity index (χ3n) is 2.40. The van der Waals surface area contributed by atoms with Gasteiger partial charge in [0.15, 0.2) is 0 Å². The molecule has 0 atom stereocenters. The van der Waals surface area contributed by atoms with Gasteiger partial charge in [-0.3, -0.25) is 0 Å². The number of aromatic nitrogens is 3. The Hall–Kier alpha value is -1.94. The maximum Gasteiger partial charge on any atom is 0.116 e. The number of thiophene rings is 1. The first kappa shape index (κ1) is 9.30. The highest BCUT2D eigenvalue weighted by molar-refractivity contribution is 7.08. The van der Waals surface area contributed by atoms with Gasteiger partial charge < -0.3 is 4.98 Å². The van der Waals surface area contributed by atoms with Crippen LogP contribution in [-0.4, -0.2) is 15.0 Å². The molecule has 0 amide bonds. The number of hydrogen-bond acceptors (Lipinski definition) is 3. The smallest absolute Gasteiger partial charge is 0.116 e. The van der Waals surface area contributed by atoms with E-state index in [2.05, 4.69) is 31.8 Å². The van der Waals surface area contributed by atoms with Crippen LogP contribution in [0.4, 0.5) is 0 Å². The van der Waals surface area contributed by atoms with Crippen molar-refractivity contribution in [3.63, 3.8) is 0 Å². The molecule has 1 N–H and O–H groups in total. The molecule has 3 heterocycles. The monoisotopic (exact) mass is 227 g/mol. The summed E-state index contributed by atoms with van der Waals surface area (Å²) in [4.78, 5) is 11.6. The standard InChI is InChI=1S/C12H9N3S/c1-2-11(14-4-1)12-10(6-13-8-15-12)9-3-5-16-7-9/h1-8,14H. The molecule has 3 rings (SSSR count). The fourth-order valence-corrected chi connectivity index (χ4v) is 2.31. The predicted molar refractivity (Wildman–Crippen MR) is 65.1 cm³/mol. The summed E-state index contributed by atoms with van der Waals surface area (Å²) in [5.41, 5.74) is 4.18. The predicted octanol–water partition coefficient (Wildman–Crippen LogP) is 3.20. The summed E-state index contributed by atoms with van der Waals surface area (Å²) in [5.74, 6) is 0. The van der Waals surface area contributed by atoms with E-state index in [0.29, 0.717) is 0 Å². The molecule has 3 aromatic rings. The average molecular weight is 227 g/mol. The lowest BCUT2D eigenvalue weighted by Gasteiger charge is -2.03. The second-order valence-corrected chi connectivity index (χ2v) is 4.16. The van der Waals surface area contributed by atoms with Gasteiger partial charge >= 0.3 is 0 Å². The van der Waals surface area contributed by atoms with Crippen LogP contribution in [0.25, 0.3) is 22.5 Å². The van der Waals surface area contributed by atoms with Crippen molar-refractivity contribution in [3.8, 4) is 22.5 Å². The zero-order chi connectivity index (χ0) is 10.8. The molecular weight excluding hydrogens is 218 g/mol. The van der Waals surface area contributed by atoms with Crippen molar-refractivity contribution in [1.82, 2.24) is 15.0 Å². The van der Waals surface area contributed by atoms with Crippen LogP contribution in [-0.2, 0) is 0 Å². The van der Waals surface area contributed by atoms with Crippen LogP contribution >= 0.6 is 11.3 Å². The van der Waals surface area contributed by atoms with Crippen LogP contribution in [0.5, 0.6) is 0 Å². The lowest BCUT2D eigenvalue weighted by molar-refractivity contribution is 1.16. The van der Waals surface area contributed by atoms with Gasteiger partial charge in [0.1, 0.15) is 6.33 Å². The molecule has 0 unspecified atom stereocenters. The van der Waals surface area contributed by atoms with Crippen molar-refractivity contribution in [1.29, 1.82) is 0 Å². The number of aromatic amines is 1. The average Bonchev–Trinajstić information content (AvgIpc) is 3.03. The molecule has 0 spiro atoms. The van der Waals surface area contributed by atoms with Gasteiger partial charge in [-0.2, -0.15) is 11.3 Å². The molecule has 0 fully saturated rings. The highest BCUT2D eigenvalue weighted by atomic mass is 32.1. The van der Waals surface area contributed by atoms with Crippen molar-refractivity contribution in [3.05, 3.63) is 47.7 Å². The topological polar surface area (TPSA) is 41.6 Å². The second-order valence-electron chi connectivity index (χ2n) is 3.38. The normalized spacial score (nSPS) is 10.5. The van der Waals surface area contributed by atoms with Gasteiger partial charge in [-0.15, -0.1) is 0 Å². The lowest BCUT2D eigenvalue weighted by Crippen LogP contribution is -1.89. The molecule has 3 nitrogen and oxygen atoms in total. The molecule has 0 saturated carbocycles. The Labute approximate surface area is 96.8 Å². The molecule has 4 heteroatoms. The molecule has 0 saturated heterocycles. The third kappa shape index (κ3) is 1.53. The minimum absolute atomic E-state index is 0.943. The largest absolute Gasteiger partial charge is 0.360 e. The van der Waals surface area contributed by atoms with E-state index in [-0.39, 0.29) is 0 Å². The summed E-state index contributed by atoms with van der Waals surface area (Å²) in [5, 5.41) is 4.16. The van der Waals surface area contributed by atoms with Gasteiger partial charge in [-0.05, 0) is 34.5 Å². The van der Waals surface area contributed by atoms with Crippen LogP contribution in [0.3, 0.4) is 0 Å². The number of hydrogen-bond donors (Lipinski definition) is 1. The zero-order valence-corrected chi connectivity index (χ0v) is 9.24. The van der Waals surface area contributed by atoms with Gasteiger partial charge in [0.25, 0.3) is 0 Å². The van der Waals surface area contributed by atoms with Gasteiger partial charge in [0.05, 0.1) is 11.4 Å². The Morgan fingerprint density at radius 2 is 2.25 bits per heavy atom. The van der Waals surface area contributed by atoms with Crippen molar-refractivity contribution >= 4 is 11.3 Å². The van der Waals surface area contributed by atoms with Crippen LogP contribution in [0.15, 0.2) is 47.7 Å². The van der Waals surface area contributed by atoms with Crippen molar-refractivity contribution in [2.45, 2.75) is 0 Å². The van der Waals surface area contributed by atoms with Crippen molar-refractivity contribution in [2.75, 3.05) is 0 Å². The van der Waals surface area contributed by atoms with Crippen LogP contribution in [0, 0.1) is 0 Å². The Kier molecular flexibility index (Phi) is 2.27. The number of rotatable bonds is 2. The van der Waals surface area contributed by atoms with Gasteiger partial charge in [0.2, 0.25) is 0 Å². The number of H-pyrrole nitrogens is 1. The van der Waals surface area contributed by atoms with E-state index in [0.717, 1.165) is 22.5 Å². The molecule has 0 bridgehead atoms. The van der Waals surface area contributed by atoms with Crippen LogP contribution < -0.4 is 0 Å². The lowest BCUT2D eigenvalue weighted by atomic mass is 10.1. The summed E-state index contributed by atoms with van der Waals surface area (Å²) in [6.07, 6.45) is 5.33. The summed E-state index contributed by atoms with van der Waals surface area (Å²) in [7, 11) is 0. The van der Waals surface area contributed by atoms with E-state index in [1.165, 1.54) is 0 Å². The zero-order valence-electron chi connectivity index (χ0n) is 8.42. The summed E-state index contributed by atoms with van der Waals surface area (Å²) in [6.45, 7) is 0. The van der Waals surface area contributed by atoms with E-state index < -0.39 is 0 Å². The Morgan fingerprint density at radius 1 is 1.25 bits per heavy atom. The summed E-state index contributed by atoms with van der Waals surface area (Å²) < 4.78 is 0. The quantitative estimate of drug-likeness (QED) is 0.730. The Morgan fingerprint density at radius 3 is 3.00 bits per heavy atom. The molecule has 0 aliphatic carbocycles. The minimum atomic E-state index is 0.943. The SMILES string of the molecule is c1c[nH]c(-c2ncncc2-c2ccsc2)c1. The summed E-state index contributed by atoms with van der Waals surface area (Å²) >= 11 is 1.67. The van der Waals surface area contributed by atoms with Crippen LogP contribution in [0.1, 0.15) is 0 Å². The summed E-state index contributed by atoms with van der Waals surface area (Å²) in [6, 6.07) is 6.06. The molecule has 78 valence electrons. The minimum Gasteiger partial charge on any atom is -0.360 e. The third-order valence-corrected chi connectivity index (χ3v) is 3.08. The molecule has 0 aliphatic heterocycles. The first-order chi connectivity index (χ1) is 7.95. The molecule has 16 heavy (non-hydrogen) atoms. The van der Waals surface area contributed by atoms with Crippen LogP contribution in [0.2, 0.25) is 0 Å². The Bertz CT molecular complexity index is 517. The first-order valence-electron chi connectivity index (χ1n) is 4.91. The fourth-order valence-electron chi connectivity index (χ4n) is 1.65. The highest BCUT2D eigenvalue weighted by Gasteiger charge is 2.09. The van der Waals surface area contributed by atoms with E-state index in [4.69, 9.17) is 0 Å². The van der Waals surface area contributed by atoms with Gasteiger partial charge in [-0.25, -0.2) is 9.97 Å². The van der Waals surface area contributed by atoms with E-state index in [1.54, 1.807) is 17.7 Å². The number of nitrogens with zero attached hydrogens (tertiary/aromatic N) is 2. The van der Waals surface area contributed by atoms with Crippen molar-refractivity contribution < 1.29 is 0 Å². The van der Waals surface area contributed by atoms with Crippen molar-refractivity contribution in [2.24, 2.45) is 0 Å². The van der Waals surface area contributed by atoms with E-state index in [9.17, 15) is 0 Å². The fraction of sp³-hybridized carbons (Fsp3) is 0. The number of nitrogens with one attached hydrogen (secondary N) is 1. The maximum atomic E-state index is 4.34. The molecule has 0 radical (unpaired) electrons. The van der Waals surface area contributed by atoms with E-state index >= 15 is 0 Å². The molecule has 3 aromatic heterocycles. The van der Waals surface area contributed by atoms with E-state index in [1.807, 2.05) is 24.5 Å². The van der Waals surface area contributed by atoms with Gasteiger partial charge in [0, 0.05) is 18.0 Å². The van der Waals surface area contributed by atoms with Gasteiger partial charge in [-0.1, -0.05) is 0 Å². The molecular formula is C12H9N3S. The molecule has 0 aromatic carbocycles. The highest BCUT2D eigenvalue weighted by Crippen LogP contribution is 2.29. The second kappa shape index (κ2) is 3.90. The first-order valence-corrected chi connectivity index (χ1v) is 5.86. The Balaban J connectivity index is 2.19. The maximum absolute atomic E-state index is 4.34. The molecule has 0 aliphatic rings.